The molecule has 226 valence electrons. The van der Waals surface area contributed by atoms with E-state index in [4.69, 9.17) is 14.2 Å². The van der Waals surface area contributed by atoms with E-state index in [2.05, 4.69) is 19.2 Å². The highest BCUT2D eigenvalue weighted by atomic mass is 16.5. The summed E-state index contributed by atoms with van der Waals surface area (Å²) in [5, 5.41) is 33.9. The second kappa shape index (κ2) is 11.9. The SMILES string of the molecule is CCOCC(=O)N(C[C@@H]1CC[C@H]2C[C@@H]1C2(C)C)[C@@H]1C=C(C(=O)NCCO)[C@@H]2c3cc(CO)cc(OC)c3O[C@@H]2[C@H]1O. The molecule has 0 radical (unpaired) electrons. The number of ether oxygens (including phenoxy) is 3. The molecule has 0 spiro atoms. The fourth-order valence-corrected chi connectivity index (χ4v) is 7.71. The average molecular weight is 573 g/mol. The lowest BCUT2D eigenvalue weighted by Gasteiger charge is -2.61. The molecule has 41 heavy (non-hydrogen) atoms. The van der Waals surface area contributed by atoms with E-state index < -0.39 is 30.1 Å². The Morgan fingerprint density at radius 3 is 2.63 bits per heavy atom. The average Bonchev–Trinajstić information content (AvgIpc) is 3.37. The Balaban J connectivity index is 1.54. The third-order valence-corrected chi connectivity index (χ3v) is 10.0. The molecule has 1 aliphatic heterocycles. The largest absolute Gasteiger partial charge is 0.493 e. The number of aliphatic hydroxyl groups excluding tert-OH is 3. The highest BCUT2D eigenvalue weighted by Gasteiger charge is 2.56. The molecule has 7 atom stereocenters. The monoisotopic (exact) mass is 572 g/mol. The molecular formula is C31H44N2O8. The lowest BCUT2D eigenvalue weighted by Crippen LogP contribution is -2.60. The first-order chi connectivity index (χ1) is 19.7. The van der Waals surface area contributed by atoms with Gasteiger partial charge in [0.15, 0.2) is 11.5 Å². The molecule has 1 aromatic rings. The molecule has 3 saturated carbocycles. The van der Waals surface area contributed by atoms with Crippen molar-refractivity contribution in [3.05, 3.63) is 34.9 Å². The Labute approximate surface area is 241 Å². The normalized spacial score (nSPS) is 30.7. The number of hydrogen-bond donors (Lipinski definition) is 4. The molecule has 4 aliphatic carbocycles. The predicted octanol–water partition coefficient (Wildman–Crippen LogP) is 1.75. The van der Waals surface area contributed by atoms with Crippen LogP contribution in [0.3, 0.4) is 0 Å². The number of benzene rings is 1. The van der Waals surface area contributed by atoms with Gasteiger partial charge in [0.2, 0.25) is 11.8 Å². The van der Waals surface area contributed by atoms with Gasteiger partial charge in [-0.3, -0.25) is 9.59 Å². The molecule has 0 aromatic heterocycles. The van der Waals surface area contributed by atoms with Gasteiger partial charge in [0.05, 0.1) is 32.3 Å². The minimum atomic E-state index is -1.14. The van der Waals surface area contributed by atoms with Crippen molar-refractivity contribution in [2.75, 3.05) is 40.0 Å². The van der Waals surface area contributed by atoms with Crippen LogP contribution in [-0.4, -0.2) is 90.3 Å². The van der Waals surface area contributed by atoms with Gasteiger partial charge in [0, 0.05) is 30.8 Å². The minimum Gasteiger partial charge on any atom is -0.493 e. The number of carbonyl (C=O) groups excluding carboxylic acids is 2. The van der Waals surface area contributed by atoms with Crippen LogP contribution in [0.15, 0.2) is 23.8 Å². The summed E-state index contributed by atoms with van der Waals surface area (Å²) in [5.41, 5.74) is 1.78. The summed E-state index contributed by atoms with van der Waals surface area (Å²) >= 11 is 0. The van der Waals surface area contributed by atoms with Crippen LogP contribution < -0.4 is 14.8 Å². The molecule has 6 rings (SSSR count). The summed E-state index contributed by atoms with van der Waals surface area (Å²) < 4.78 is 17.4. The molecule has 10 heteroatoms. The lowest BCUT2D eigenvalue weighted by atomic mass is 9.45. The molecule has 1 heterocycles. The van der Waals surface area contributed by atoms with Crippen LogP contribution in [0.2, 0.25) is 0 Å². The maximum absolute atomic E-state index is 13.7. The van der Waals surface area contributed by atoms with E-state index in [1.54, 1.807) is 23.1 Å². The molecule has 3 fully saturated rings. The summed E-state index contributed by atoms with van der Waals surface area (Å²) in [6.07, 6.45) is 2.98. The van der Waals surface area contributed by atoms with Gasteiger partial charge in [-0.15, -0.1) is 0 Å². The number of carbonyl (C=O) groups is 2. The van der Waals surface area contributed by atoms with Crippen molar-refractivity contribution in [2.45, 2.75) is 70.8 Å². The number of amides is 2. The second-order valence-corrected chi connectivity index (χ2v) is 12.4. The fourth-order valence-electron chi connectivity index (χ4n) is 7.71. The quantitative estimate of drug-likeness (QED) is 0.315. The molecule has 10 nitrogen and oxygen atoms in total. The standard InChI is InChI=1S/C31H44N2O8/c1-5-40-16-25(36)33(14-18-6-7-19-12-22(18)31(19,2)3)23-13-21(30(38)32-8-9-34)26-20-10-17(15-35)11-24(39-4)28(20)41-29(26)27(23)37/h10-11,13,18-19,22-23,26-27,29,34-35,37H,5-9,12,14-16H2,1-4H3,(H,32,38)/t18-,19-,22-,23+,26-,27-,29-/m0/s1. The smallest absolute Gasteiger partial charge is 0.249 e. The first kappa shape index (κ1) is 29.8. The van der Waals surface area contributed by atoms with Gasteiger partial charge in [-0.25, -0.2) is 0 Å². The van der Waals surface area contributed by atoms with E-state index in [0.29, 0.717) is 53.2 Å². The van der Waals surface area contributed by atoms with Crippen molar-refractivity contribution >= 4 is 11.8 Å². The summed E-state index contributed by atoms with van der Waals surface area (Å²) in [6, 6.07) is 2.61. The third-order valence-electron chi connectivity index (χ3n) is 10.0. The van der Waals surface area contributed by atoms with Gasteiger partial charge in [0.25, 0.3) is 0 Å². The van der Waals surface area contributed by atoms with E-state index >= 15 is 0 Å². The molecule has 2 amide bonds. The van der Waals surface area contributed by atoms with E-state index in [1.165, 1.54) is 7.11 Å². The van der Waals surface area contributed by atoms with E-state index in [0.717, 1.165) is 19.3 Å². The molecule has 1 aromatic carbocycles. The predicted molar refractivity (Wildman–Crippen MR) is 150 cm³/mol. The number of fused-ring (bicyclic) bond motifs is 5. The van der Waals surface area contributed by atoms with Crippen LogP contribution in [0.25, 0.3) is 0 Å². The van der Waals surface area contributed by atoms with Crippen molar-refractivity contribution in [1.29, 1.82) is 0 Å². The molecule has 2 bridgehead atoms. The molecule has 0 saturated heterocycles. The van der Waals surface area contributed by atoms with Crippen molar-refractivity contribution in [3.63, 3.8) is 0 Å². The minimum absolute atomic E-state index is 0.0570. The fraction of sp³-hybridized carbons (Fsp3) is 0.677. The van der Waals surface area contributed by atoms with Gasteiger partial charge < -0.3 is 39.7 Å². The zero-order valence-corrected chi connectivity index (χ0v) is 24.5. The maximum atomic E-state index is 13.7. The summed E-state index contributed by atoms with van der Waals surface area (Å²) in [6.45, 7) is 6.77. The van der Waals surface area contributed by atoms with Crippen LogP contribution in [0.4, 0.5) is 0 Å². The number of methoxy groups -OCH3 is 1. The van der Waals surface area contributed by atoms with Crippen LogP contribution in [0.1, 0.15) is 57.1 Å². The highest BCUT2D eigenvalue weighted by Crippen LogP contribution is 2.61. The number of aliphatic hydroxyl groups is 3. The first-order valence-electron chi connectivity index (χ1n) is 14.8. The van der Waals surface area contributed by atoms with Crippen molar-refractivity contribution in [2.24, 2.45) is 23.2 Å². The van der Waals surface area contributed by atoms with Gasteiger partial charge in [-0.1, -0.05) is 13.8 Å². The van der Waals surface area contributed by atoms with Crippen molar-refractivity contribution in [3.8, 4) is 11.5 Å². The molecule has 0 unspecified atom stereocenters. The Morgan fingerprint density at radius 1 is 1.22 bits per heavy atom. The van der Waals surface area contributed by atoms with Crippen molar-refractivity contribution < 1.29 is 39.1 Å². The second-order valence-electron chi connectivity index (χ2n) is 12.4. The Hall–Kier alpha value is -2.66. The van der Waals surface area contributed by atoms with Gasteiger partial charge >= 0.3 is 0 Å². The number of rotatable bonds is 11. The first-order valence-corrected chi connectivity index (χ1v) is 14.8. The van der Waals surface area contributed by atoms with Gasteiger partial charge in [-0.2, -0.15) is 0 Å². The van der Waals surface area contributed by atoms with Crippen LogP contribution >= 0.6 is 0 Å². The van der Waals surface area contributed by atoms with Crippen LogP contribution in [0, 0.1) is 23.2 Å². The van der Waals surface area contributed by atoms with E-state index in [9.17, 15) is 24.9 Å². The van der Waals surface area contributed by atoms with Crippen molar-refractivity contribution in [1.82, 2.24) is 10.2 Å². The Morgan fingerprint density at radius 2 is 2.00 bits per heavy atom. The van der Waals surface area contributed by atoms with Crippen LogP contribution in [0.5, 0.6) is 11.5 Å². The topological polar surface area (TPSA) is 138 Å². The summed E-state index contributed by atoms with van der Waals surface area (Å²) in [5.74, 6) is 0.976. The van der Waals surface area contributed by atoms with Gasteiger partial charge in [0.1, 0.15) is 18.8 Å². The number of hydrogen-bond acceptors (Lipinski definition) is 8. The summed E-state index contributed by atoms with van der Waals surface area (Å²) in [7, 11) is 1.50. The summed E-state index contributed by atoms with van der Waals surface area (Å²) in [4.78, 5) is 28.9. The molecule has 4 N–H and O–H groups in total. The number of nitrogens with zero attached hydrogens (tertiary/aromatic N) is 1. The third kappa shape index (κ3) is 5.24. The van der Waals surface area contributed by atoms with Gasteiger partial charge in [-0.05, 0) is 73.1 Å². The zero-order chi connectivity index (χ0) is 29.5. The van der Waals surface area contributed by atoms with E-state index in [1.807, 2.05) is 6.92 Å². The molecule has 5 aliphatic rings. The van der Waals surface area contributed by atoms with E-state index in [-0.39, 0.29) is 43.6 Å². The molecular weight excluding hydrogens is 528 g/mol. The van der Waals surface area contributed by atoms with Crippen LogP contribution in [-0.2, 0) is 20.9 Å². The zero-order valence-electron chi connectivity index (χ0n) is 24.5. The maximum Gasteiger partial charge on any atom is 0.249 e. The Bertz CT molecular complexity index is 1180. The highest BCUT2D eigenvalue weighted by molar-refractivity contribution is 5.96. The number of nitrogens with one attached hydrogen (secondary N) is 1. The Kier molecular flexibility index (Phi) is 8.66. The lowest BCUT2D eigenvalue weighted by molar-refractivity contribution is -0.150.